The molecule has 5 atom stereocenters. The van der Waals surface area contributed by atoms with Crippen LogP contribution in [0.15, 0.2) is 30.5 Å². The molecule has 6 nitrogen and oxygen atoms in total. The highest BCUT2D eigenvalue weighted by molar-refractivity contribution is 6.31. The monoisotopic (exact) mass is 436 g/mol. The number of nitrogens with one attached hydrogen (secondary N) is 3. The summed E-state index contributed by atoms with van der Waals surface area (Å²) in [6.07, 6.45) is 8.18. The van der Waals surface area contributed by atoms with Gasteiger partial charge in [0.1, 0.15) is 17.5 Å². The Morgan fingerprint density at radius 2 is 1.94 bits per heavy atom. The predicted molar refractivity (Wildman–Crippen MR) is 123 cm³/mol. The molecule has 0 spiro atoms. The summed E-state index contributed by atoms with van der Waals surface area (Å²) in [4.78, 5) is 8.94. The molecule has 1 aromatic heterocycles. The van der Waals surface area contributed by atoms with Crippen molar-refractivity contribution in [3.05, 3.63) is 46.6 Å². The number of rotatable bonds is 7. The Labute approximate surface area is 188 Å². The molecule has 1 heterocycles. The molecule has 2 aromatic rings. The van der Waals surface area contributed by atoms with Crippen LogP contribution in [-0.2, 0) is 6.54 Å². The number of hydrogen-bond acceptors (Lipinski definition) is 6. The van der Waals surface area contributed by atoms with E-state index in [2.05, 4.69) is 39.0 Å². The Kier molecular flexibility index (Phi) is 5.49. The van der Waals surface area contributed by atoms with Crippen molar-refractivity contribution in [1.29, 1.82) is 5.26 Å². The summed E-state index contributed by atoms with van der Waals surface area (Å²) in [6.45, 7) is 1.41. The van der Waals surface area contributed by atoms with E-state index in [4.69, 9.17) is 11.6 Å². The van der Waals surface area contributed by atoms with Gasteiger partial charge < -0.3 is 16.0 Å². The van der Waals surface area contributed by atoms with E-state index < -0.39 is 0 Å². The molecule has 4 aliphatic carbocycles. The maximum Gasteiger partial charge on any atom is 0.224 e. The van der Waals surface area contributed by atoms with Crippen LogP contribution in [0.4, 0.5) is 11.8 Å². The highest BCUT2D eigenvalue weighted by atomic mass is 35.5. The van der Waals surface area contributed by atoms with Crippen molar-refractivity contribution < 1.29 is 0 Å². The predicted octanol–water partition coefficient (Wildman–Crippen LogP) is 4.44. The SMILES string of the molecule is CN[C@@H]1[C@@H]2CC3C[C@H]1C[C@@](CNc1nc(NCc4ccccc4Cl)ncc1C#N)(C3)C2. The van der Waals surface area contributed by atoms with Crippen molar-refractivity contribution in [2.45, 2.75) is 44.7 Å². The van der Waals surface area contributed by atoms with E-state index in [1.165, 1.54) is 32.1 Å². The number of halogens is 1. The Hall–Kier alpha value is -2.36. The number of benzene rings is 1. The molecule has 6 rings (SSSR count). The van der Waals surface area contributed by atoms with E-state index >= 15 is 0 Å². The normalized spacial score (nSPS) is 30.7. The fraction of sp³-hybridized carbons (Fsp3) is 0.542. The van der Waals surface area contributed by atoms with Crippen molar-refractivity contribution in [3.8, 4) is 6.07 Å². The first kappa shape index (κ1) is 20.5. The molecule has 4 bridgehead atoms. The van der Waals surface area contributed by atoms with Crippen LogP contribution in [0.25, 0.3) is 0 Å². The van der Waals surface area contributed by atoms with E-state index in [0.717, 1.165) is 29.9 Å². The molecule has 3 N–H and O–H groups in total. The van der Waals surface area contributed by atoms with E-state index in [-0.39, 0.29) is 0 Å². The van der Waals surface area contributed by atoms with Crippen LogP contribution in [0.1, 0.15) is 43.2 Å². The first-order chi connectivity index (χ1) is 15.1. The molecule has 4 aliphatic rings. The lowest BCUT2D eigenvalue weighted by Crippen LogP contribution is -2.59. The molecule has 4 fully saturated rings. The van der Waals surface area contributed by atoms with E-state index in [0.29, 0.717) is 40.4 Å². The molecule has 0 radical (unpaired) electrons. The standard InChI is InChI=1S/C24H29ClN6/c1-27-21-17-6-15-7-18(21)10-24(8-15,9-17)14-30-22-19(11-26)13-29-23(31-22)28-12-16-4-2-3-5-20(16)25/h2-5,13,15,17-18,21,27H,6-10,12,14H2,1H3,(H2,28,29,30,31)/t15?,17-,18+,21-,24-. The zero-order valence-electron chi connectivity index (χ0n) is 17.9. The number of nitriles is 1. The van der Waals surface area contributed by atoms with Crippen molar-refractivity contribution in [2.75, 3.05) is 24.2 Å². The van der Waals surface area contributed by atoms with Crippen molar-refractivity contribution in [1.82, 2.24) is 15.3 Å². The van der Waals surface area contributed by atoms with Gasteiger partial charge in [-0.1, -0.05) is 29.8 Å². The third kappa shape index (κ3) is 3.97. The smallest absolute Gasteiger partial charge is 0.224 e. The second kappa shape index (κ2) is 8.29. The van der Waals surface area contributed by atoms with Gasteiger partial charge in [0.25, 0.3) is 0 Å². The van der Waals surface area contributed by atoms with Gasteiger partial charge in [0.05, 0.1) is 6.20 Å². The minimum Gasteiger partial charge on any atom is -0.368 e. The highest BCUT2D eigenvalue weighted by Gasteiger charge is 2.54. The lowest BCUT2D eigenvalue weighted by molar-refractivity contribution is -0.0674. The molecule has 7 heteroatoms. The van der Waals surface area contributed by atoms with Crippen LogP contribution in [0, 0.1) is 34.5 Å². The largest absolute Gasteiger partial charge is 0.368 e. The number of nitrogens with zero attached hydrogens (tertiary/aromatic N) is 3. The molecule has 0 amide bonds. The average molecular weight is 437 g/mol. The lowest BCUT2D eigenvalue weighted by atomic mass is 9.48. The molecule has 1 unspecified atom stereocenters. The summed E-state index contributed by atoms with van der Waals surface area (Å²) in [5.74, 6) is 3.55. The van der Waals surface area contributed by atoms with Gasteiger partial charge in [-0.15, -0.1) is 0 Å². The average Bonchev–Trinajstić information content (AvgIpc) is 2.77. The van der Waals surface area contributed by atoms with Crippen LogP contribution in [0.3, 0.4) is 0 Å². The third-order valence-corrected chi connectivity index (χ3v) is 8.04. The van der Waals surface area contributed by atoms with Crippen molar-refractivity contribution in [2.24, 2.45) is 23.2 Å². The van der Waals surface area contributed by atoms with Crippen LogP contribution >= 0.6 is 11.6 Å². The molecule has 162 valence electrons. The first-order valence-electron chi connectivity index (χ1n) is 11.2. The van der Waals surface area contributed by atoms with Crippen LogP contribution in [0.2, 0.25) is 5.02 Å². The molecule has 4 saturated carbocycles. The fourth-order valence-corrected chi connectivity index (χ4v) is 6.85. The summed E-state index contributed by atoms with van der Waals surface area (Å²) in [7, 11) is 2.12. The Morgan fingerprint density at radius 1 is 1.16 bits per heavy atom. The lowest BCUT2D eigenvalue weighted by Gasteiger charge is -2.60. The Morgan fingerprint density at radius 3 is 2.65 bits per heavy atom. The molecule has 31 heavy (non-hydrogen) atoms. The summed E-state index contributed by atoms with van der Waals surface area (Å²) in [5, 5.41) is 20.7. The van der Waals surface area contributed by atoms with Gasteiger partial charge in [-0.25, -0.2) is 4.98 Å². The van der Waals surface area contributed by atoms with Crippen LogP contribution in [0.5, 0.6) is 0 Å². The van der Waals surface area contributed by atoms with E-state index in [1.807, 2.05) is 24.3 Å². The zero-order chi connectivity index (χ0) is 21.4. The minimum atomic E-state index is 0.326. The van der Waals surface area contributed by atoms with Gasteiger partial charge in [0.2, 0.25) is 5.95 Å². The van der Waals surface area contributed by atoms with Gasteiger partial charge >= 0.3 is 0 Å². The topological polar surface area (TPSA) is 85.7 Å². The quantitative estimate of drug-likeness (QED) is 0.594. The fourth-order valence-electron chi connectivity index (χ4n) is 6.65. The summed E-state index contributed by atoms with van der Waals surface area (Å²) >= 11 is 6.25. The minimum absolute atomic E-state index is 0.326. The maximum atomic E-state index is 9.56. The highest BCUT2D eigenvalue weighted by Crippen LogP contribution is 2.59. The molecular weight excluding hydrogens is 408 g/mol. The second-order valence-electron chi connectivity index (χ2n) is 9.65. The molecule has 0 aliphatic heterocycles. The number of anilines is 2. The van der Waals surface area contributed by atoms with E-state index in [1.54, 1.807) is 6.20 Å². The third-order valence-electron chi connectivity index (χ3n) is 7.67. The van der Waals surface area contributed by atoms with Gasteiger partial charge in [0, 0.05) is 24.2 Å². The van der Waals surface area contributed by atoms with E-state index in [9.17, 15) is 5.26 Å². The summed E-state index contributed by atoms with van der Waals surface area (Å²) in [5.41, 5.74) is 1.80. The van der Waals surface area contributed by atoms with Gasteiger partial charge in [-0.2, -0.15) is 10.2 Å². The summed E-state index contributed by atoms with van der Waals surface area (Å²) < 4.78 is 0. The zero-order valence-corrected chi connectivity index (χ0v) is 18.6. The molecule has 0 saturated heterocycles. The van der Waals surface area contributed by atoms with Crippen molar-refractivity contribution >= 4 is 23.4 Å². The van der Waals surface area contributed by atoms with Crippen LogP contribution < -0.4 is 16.0 Å². The van der Waals surface area contributed by atoms with Gasteiger partial charge in [-0.3, -0.25) is 0 Å². The van der Waals surface area contributed by atoms with Crippen molar-refractivity contribution in [3.63, 3.8) is 0 Å². The Balaban J connectivity index is 1.29. The summed E-state index contributed by atoms with van der Waals surface area (Å²) in [6, 6.07) is 10.6. The number of hydrogen-bond donors (Lipinski definition) is 3. The van der Waals surface area contributed by atoms with Crippen LogP contribution in [-0.4, -0.2) is 29.6 Å². The van der Waals surface area contributed by atoms with Gasteiger partial charge in [0.15, 0.2) is 0 Å². The second-order valence-corrected chi connectivity index (χ2v) is 10.1. The Bertz CT molecular complexity index is 986. The first-order valence-corrected chi connectivity index (χ1v) is 11.6. The van der Waals surface area contributed by atoms with Gasteiger partial charge in [-0.05, 0) is 74.0 Å². The maximum absolute atomic E-state index is 9.56. The molecule has 1 aromatic carbocycles. The molecular formula is C24H29ClN6. The number of aromatic nitrogens is 2.